The number of carbonyl (C=O) groups excluding carboxylic acids is 1. The fourth-order valence-corrected chi connectivity index (χ4v) is 4.65. The van der Waals surface area contributed by atoms with Crippen LogP contribution < -0.4 is 4.90 Å². The van der Waals surface area contributed by atoms with Crippen LogP contribution >= 0.6 is 23.7 Å². The number of halogens is 1. The highest BCUT2D eigenvalue weighted by atomic mass is 35.5. The average Bonchev–Trinajstić information content (AvgIpc) is 3.31. The molecule has 4 rings (SSSR count). The Morgan fingerprint density at radius 1 is 1.23 bits per heavy atom. The molecule has 1 amide bonds. The van der Waals surface area contributed by atoms with E-state index in [1.165, 1.54) is 5.56 Å². The van der Waals surface area contributed by atoms with Gasteiger partial charge in [0.25, 0.3) is 5.91 Å². The van der Waals surface area contributed by atoms with Crippen LogP contribution in [-0.2, 0) is 11.3 Å². The third kappa shape index (κ3) is 4.83. The number of thiazole rings is 1. The van der Waals surface area contributed by atoms with Gasteiger partial charge in [0.05, 0.1) is 23.4 Å². The third-order valence-corrected chi connectivity index (χ3v) is 6.29. The monoisotopic (exact) mass is 449 g/mol. The van der Waals surface area contributed by atoms with Gasteiger partial charge in [-0.05, 0) is 44.5 Å². The molecule has 1 aliphatic heterocycles. The number of fused-ring (bicyclic) bond motifs is 1. The topological polar surface area (TPSA) is 63.5 Å². The van der Waals surface area contributed by atoms with E-state index in [2.05, 4.69) is 29.1 Å². The van der Waals surface area contributed by atoms with E-state index in [4.69, 9.17) is 9.72 Å². The number of morpholine rings is 1. The lowest BCUT2D eigenvalue weighted by atomic mass is 10.2. The fourth-order valence-electron chi connectivity index (χ4n) is 3.56. The van der Waals surface area contributed by atoms with E-state index in [-0.39, 0.29) is 18.3 Å². The summed E-state index contributed by atoms with van der Waals surface area (Å²) in [4.78, 5) is 22.3. The number of aromatic nitrogens is 3. The second-order valence-electron chi connectivity index (χ2n) is 7.37. The summed E-state index contributed by atoms with van der Waals surface area (Å²) in [5.41, 5.74) is 3.58. The van der Waals surface area contributed by atoms with Gasteiger partial charge in [-0.15, -0.1) is 12.4 Å². The van der Waals surface area contributed by atoms with Crippen LogP contribution in [0.4, 0.5) is 5.13 Å². The van der Waals surface area contributed by atoms with Gasteiger partial charge in [-0.1, -0.05) is 17.4 Å². The summed E-state index contributed by atoms with van der Waals surface area (Å²) in [6, 6.07) is 8.06. The van der Waals surface area contributed by atoms with E-state index in [1.54, 1.807) is 16.2 Å². The summed E-state index contributed by atoms with van der Waals surface area (Å²) >= 11 is 1.56. The minimum absolute atomic E-state index is 0. The average molecular weight is 450 g/mol. The van der Waals surface area contributed by atoms with E-state index in [0.717, 1.165) is 60.4 Å². The number of nitrogens with zero attached hydrogens (tertiary/aromatic N) is 5. The van der Waals surface area contributed by atoms with Crippen molar-refractivity contribution < 1.29 is 9.53 Å². The Morgan fingerprint density at radius 2 is 2.00 bits per heavy atom. The third-order valence-electron chi connectivity index (χ3n) is 5.25. The molecule has 0 N–H and O–H groups in total. The molecule has 0 bridgehead atoms. The summed E-state index contributed by atoms with van der Waals surface area (Å²) < 4.78 is 8.39. The van der Waals surface area contributed by atoms with Crippen molar-refractivity contribution in [1.82, 2.24) is 19.7 Å². The lowest BCUT2D eigenvalue weighted by Gasteiger charge is -2.29. The van der Waals surface area contributed by atoms with Gasteiger partial charge in [0, 0.05) is 38.4 Å². The Bertz CT molecular complexity index is 1010. The summed E-state index contributed by atoms with van der Waals surface area (Å²) in [6.45, 7) is 11.5. The number of anilines is 1. The largest absolute Gasteiger partial charge is 0.379 e. The van der Waals surface area contributed by atoms with E-state index in [1.807, 2.05) is 30.7 Å². The maximum atomic E-state index is 13.4. The van der Waals surface area contributed by atoms with Crippen molar-refractivity contribution in [3.05, 3.63) is 41.2 Å². The molecule has 162 valence electrons. The second kappa shape index (κ2) is 9.87. The van der Waals surface area contributed by atoms with Crippen molar-refractivity contribution in [3.63, 3.8) is 0 Å². The minimum Gasteiger partial charge on any atom is -0.379 e. The fraction of sp³-hybridized carbons (Fsp3) is 0.476. The van der Waals surface area contributed by atoms with Crippen LogP contribution in [-0.4, -0.2) is 65.0 Å². The van der Waals surface area contributed by atoms with Crippen LogP contribution in [0.2, 0.25) is 0 Å². The molecule has 0 saturated carbocycles. The normalized spacial score (nSPS) is 14.6. The van der Waals surface area contributed by atoms with Gasteiger partial charge in [0.1, 0.15) is 0 Å². The summed E-state index contributed by atoms with van der Waals surface area (Å²) in [6.07, 6.45) is 0. The molecule has 3 heterocycles. The molecule has 0 unspecified atom stereocenters. The first kappa shape index (κ1) is 22.7. The van der Waals surface area contributed by atoms with Crippen molar-refractivity contribution >= 4 is 45.0 Å². The maximum Gasteiger partial charge on any atom is 0.280 e. The van der Waals surface area contributed by atoms with Gasteiger partial charge in [0.15, 0.2) is 10.8 Å². The summed E-state index contributed by atoms with van der Waals surface area (Å²) in [5.74, 6) is -0.0932. The van der Waals surface area contributed by atoms with Crippen molar-refractivity contribution in [1.29, 1.82) is 0 Å². The molecular formula is C21H28ClN5O2S. The van der Waals surface area contributed by atoms with Crippen LogP contribution in [0.25, 0.3) is 10.2 Å². The lowest BCUT2D eigenvalue weighted by Crippen LogP contribution is -2.43. The highest BCUT2D eigenvalue weighted by Gasteiger charge is 2.25. The summed E-state index contributed by atoms with van der Waals surface area (Å²) in [7, 11) is 0. The molecule has 0 atom stereocenters. The molecule has 30 heavy (non-hydrogen) atoms. The van der Waals surface area contributed by atoms with E-state index in [9.17, 15) is 4.79 Å². The molecule has 1 aromatic carbocycles. The van der Waals surface area contributed by atoms with Gasteiger partial charge < -0.3 is 4.74 Å². The molecule has 7 nitrogen and oxygen atoms in total. The minimum atomic E-state index is -0.0932. The highest BCUT2D eigenvalue weighted by Crippen LogP contribution is 2.30. The summed E-state index contributed by atoms with van der Waals surface area (Å²) in [5, 5.41) is 5.24. The van der Waals surface area contributed by atoms with Gasteiger partial charge in [-0.2, -0.15) is 5.10 Å². The molecule has 3 aromatic rings. The Balaban J connectivity index is 0.00000256. The Hall–Kier alpha value is -2.00. The van der Waals surface area contributed by atoms with Crippen molar-refractivity contribution in [2.24, 2.45) is 0 Å². The zero-order valence-electron chi connectivity index (χ0n) is 17.6. The van der Waals surface area contributed by atoms with Gasteiger partial charge in [-0.25, -0.2) is 4.98 Å². The molecule has 9 heteroatoms. The SMILES string of the molecule is CCn1nc(C(=O)N(CCN2CCOCC2)c2nc3ccc(C)cc3s2)cc1C.Cl. The second-order valence-corrected chi connectivity index (χ2v) is 8.37. The molecule has 2 aromatic heterocycles. The Morgan fingerprint density at radius 3 is 2.70 bits per heavy atom. The maximum absolute atomic E-state index is 13.4. The molecule has 1 aliphatic rings. The number of rotatable bonds is 6. The molecule has 1 fully saturated rings. The van der Waals surface area contributed by atoms with Crippen LogP contribution in [0.15, 0.2) is 24.3 Å². The smallest absolute Gasteiger partial charge is 0.280 e. The highest BCUT2D eigenvalue weighted by molar-refractivity contribution is 7.22. The predicted octanol–water partition coefficient (Wildman–Crippen LogP) is 3.53. The molecular weight excluding hydrogens is 422 g/mol. The van der Waals surface area contributed by atoms with Crippen LogP contribution in [0, 0.1) is 13.8 Å². The Labute approximate surface area is 187 Å². The number of benzene rings is 1. The first-order valence-corrected chi connectivity index (χ1v) is 10.9. The van der Waals surface area contributed by atoms with Crippen LogP contribution in [0.5, 0.6) is 0 Å². The van der Waals surface area contributed by atoms with E-state index < -0.39 is 0 Å². The van der Waals surface area contributed by atoms with Crippen LogP contribution in [0.3, 0.4) is 0 Å². The Kier molecular flexibility index (Phi) is 7.46. The number of hydrogen-bond acceptors (Lipinski definition) is 6. The number of ether oxygens (including phenoxy) is 1. The zero-order chi connectivity index (χ0) is 20.4. The zero-order valence-corrected chi connectivity index (χ0v) is 19.3. The quantitative estimate of drug-likeness (QED) is 0.576. The predicted molar refractivity (Wildman–Crippen MR) is 123 cm³/mol. The van der Waals surface area contributed by atoms with Gasteiger partial charge in [-0.3, -0.25) is 19.3 Å². The van der Waals surface area contributed by atoms with E-state index >= 15 is 0 Å². The first-order chi connectivity index (χ1) is 14.0. The molecule has 0 spiro atoms. The van der Waals surface area contributed by atoms with Crippen molar-refractivity contribution in [3.8, 4) is 0 Å². The number of hydrogen-bond donors (Lipinski definition) is 0. The van der Waals surface area contributed by atoms with E-state index in [0.29, 0.717) is 12.2 Å². The van der Waals surface area contributed by atoms with Crippen molar-refractivity contribution in [2.75, 3.05) is 44.3 Å². The van der Waals surface area contributed by atoms with Crippen LogP contribution in [0.1, 0.15) is 28.7 Å². The van der Waals surface area contributed by atoms with Gasteiger partial charge >= 0.3 is 0 Å². The number of amides is 1. The lowest BCUT2D eigenvalue weighted by molar-refractivity contribution is 0.0391. The van der Waals surface area contributed by atoms with Gasteiger partial charge in [0.2, 0.25) is 0 Å². The first-order valence-electron chi connectivity index (χ1n) is 10.1. The molecule has 0 radical (unpaired) electrons. The number of carbonyl (C=O) groups is 1. The number of aryl methyl sites for hydroxylation is 3. The molecule has 1 saturated heterocycles. The van der Waals surface area contributed by atoms with Crippen molar-refractivity contribution in [2.45, 2.75) is 27.3 Å². The standard InChI is InChI=1S/C21H27N5O2S.ClH/c1-4-26-16(3)14-18(23-26)20(27)25(8-7-24-9-11-28-12-10-24)21-22-17-6-5-15(2)13-19(17)29-21;/h5-6,13-14H,4,7-12H2,1-3H3;1H. The molecule has 0 aliphatic carbocycles.